The van der Waals surface area contributed by atoms with E-state index in [1.54, 1.807) is 4.90 Å². The third-order valence-electron chi connectivity index (χ3n) is 5.88. The summed E-state index contributed by atoms with van der Waals surface area (Å²) in [6, 6.07) is 18.9. The summed E-state index contributed by atoms with van der Waals surface area (Å²) in [5, 5.41) is 0. The standard InChI is InChI=1S/C25H33N3O2/c1-2-15-27(23-13-12-21-10-6-7-11-22(21)17-23)19-25(30)28(16-14-24(26)29)18-20-8-4-3-5-9-20/h3-11,23H,2,12-19H2,1H3,(H2,26,29). The molecule has 1 unspecified atom stereocenters. The van der Waals surface area contributed by atoms with Crippen molar-refractivity contribution in [3.8, 4) is 0 Å². The molecule has 5 heteroatoms. The Morgan fingerprint density at radius 1 is 1.00 bits per heavy atom. The maximum atomic E-state index is 13.3. The Bertz CT molecular complexity index is 837. The average molecular weight is 408 g/mol. The third kappa shape index (κ3) is 6.17. The lowest BCUT2D eigenvalue weighted by molar-refractivity contribution is -0.134. The Kier molecular flexibility index (Phi) is 8.03. The second-order valence-corrected chi connectivity index (χ2v) is 8.15. The molecule has 0 saturated heterocycles. The minimum atomic E-state index is -0.379. The Hall–Kier alpha value is -2.66. The van der Waals surface area contributed by atoms with Gasteiger partial charge in [-0.05, 0) is 48.9 Å². The molecule has 0 radical (unpaired) electrons. The number of aryl methyl sites for hydroxylation is 1. The SMILES string of the molecule is CCCN(CC(=O)N(CCC(N)=O)Cc1ccccc1)C1CCc2ccccc2C1. The van der Waals surface area contributed by atoms with Crippen molar-refractivity contribution in [3.05, 3.63) is 71.3 Å². The van der Waals surface area contributed by atoms with Gasteiger partial charge < -0.3 is 10.6 Å². The molecule has 1 atom stereocenters. The van der Waals surface area contributed by atoms with E-state index in [-0.39, 0.29) is 18.2 Å². The van der Waals surface area contributed by atoms with Gasteiger partial charge in [0.25, 0.3) is 0 Å². The van der Waals surface area contributed by atoms with Crippen molar-refractivity contribution in [2.45, 2.75) is 51.6 Å². The molecular weight excluding hydrogens is 374 g/mol. The zero-order valence-corrected chi connectivity index (χ0v) is 17.9. The average Bonchev–Trinajstić information content (AvgIpc) is 2.76. The topological polar surface area (TPSA) is 66.6 Å². The Morgan fingerprint density at radius 2 is 1.70 bits per heavy atom. The molecule has 2 aromatic rings. The van der Waals surface area contributed by atoms with E-state index in [1.165, 1.54) is 11.1 Å². The van der Waals surface area contributed by atoms with Crippen LogP contribution in [0.2, 0.25) is 0 Å². The van der Waals surface area contributed by atoms with Gasteiger partial charge in [-0.15, -0.1) is 0 Å². The summed E-state index contributed by atoms with van der Waals surface area (Å²) < 4.78 is 0. The first-order valence-electron chi connectivity index (χ1n) is 11.0. The maximum Gasteiger partial charge on any atom is 0.237 e. The smallest absolute Gasteiger partial charge is 0.237 e. The van der Waals surface area contributed by atoms with E-state index < -0.39 is 0 Å². The summed E-state index contributed by atoms with van der Waals surface area (Å²) in [7, 11) is 0. The lowest BCUT2D eigenvalue weighted by Gasteiger charge is -2.36. The summed E-state index contributed by atoms with van der Waals surface area (Å²) in [4.78, 5) is 28.7. The minimum Gasteiger partial charge on any atom is -0.370 e. The molecule has 0 fully saturated rings. The lowest BCUT2D eigenvalue weighted by atomic mass is 9.87. The van der Waals surface area contributed by atoms with Crippen LogP contribution in [0.1, 0.15) is 42.9 Å². The van der Waals surface area contributed by atoms with E-state index in [4.69, 9.17) is 5.73 Å². The number of benzene rings is 2. The Labute approximate surface area is 179 Å². The number of fused-ring (bicyclic) bond motifs is 1. The first kappa shape index (κ1) is 22.0. The number of nitrogens with two attached hydrogens (primary N) is 1. The van der Waals surface area contributed by atoms with Crippen molar-refractivity contribution >= 4 is 11.8 Å². The molecule has 1 aliphatic carbocycles. The Balaban J connectivity index is 1.69. The molecule has 5 nitrogen and oxygen atoms in total. The van der Waals surface area contributed by atoms with Gasteiger partial charge in [0.05, 0.1) is 6.54 Å². The minimum absolute atomic E-state index is 0.0624. The molecule has 2 amide bonds. The number of primary amides is 1. The largest absolute Gasteiger partial charge is 0.370 e. The molecule has 2 N–H and O–H groups in total. The lowest BCUT2D eigenvalue weighted by Crippen LogP contribution is -2.47. The number of hydrogen-bond donors (Lipinski definition) is 1. The van der Waals surface area contributed by atoms with Crippen molar-refractivity contribution in [1.82, 2.24) is 9.80 Å². The molecule has 0 aromatic heterocycles. The van der Waals surface area contributed by atoms with E-state index in [9.17, 15) is 9.59 Å². The van der Waals surface area contributed by atoms with Gasteiger partial charge in [0.15, 0.2) is 0 Å². The third-order valence-corrected chi connectivity index (χ3v) is 5.88. The van der Waals surface area contributed by atoms with Crippen LogP contribution in [0.4, 0.5) is 0 Å². The summed E-state index contributed by atoms with van der Waals surface area (Å²) in [5.41, 5.74) is 9.25. The van der Waals surface area contributed by atoms with Crippen LogP contribution >= 0.6 is 0 Å². The number of amides is 2. The van der Waals surface area contributed by atoms with Crippen molar-refractivity contribution in [2.75, 3.05) is 19.6 Å². The fourth-order valence-corrected chi connectivity index (χ4v) is 4.28. The highest BCUT2D eigenvalue weighted by molar-refractivity contribution is 5.79. The van der Waals surface area contributed by atoms with E-state index in [1.807, 2.05) is 30.3 Å². The molecule has 0 bridgehead atoms. The zero-order chi connectivity index (χ0) is 21.3. The van der Waals surface area contributed by atoms with E-state index in [0.717, 1.165) is 37.8 Å². The summed E-state index contributed by atoms with van der Waals surface area (Å²) in [5.74, 6) is -0.317. The van der Waals surface area contributed by atoms with Gasteiger partial charge in [-0.2, -0.15) is 0 Å². The summed E-state index contributed by atoms with van der Waals surface area (Å²) in [6.45, 7) is 4.29. The van der Waals surface area contributed by atoms with Crippen LogP contribution in [-0.4, -0.2) is 47.3 Å². The highest BCUT2D eigenvalue weighted by Crippen LogP contribution is 2.25. The first-order valence-corrected chi connectivity index (χ1v) is 11.0. The molecule has 0 aliphatic heterocycles. The number of nitrogens with zero attached hydrogens (tertiary/aromatic N) is 2. The van der Waals surface area contributed by atoms with Crippen molar-refractivity contribution < 1.29 is 9.59 Å². The van der Waals surface area contributed by atoms with Crippen LogP contribution in [0.3, 0.4) is 0 Å². The van der Waals surface area contributed by atoms with Gasteiger partial charge in [-0.3, -0.25) is 14.5 Å². The Morgan fingerprint density at radius 3 is 2.40 bits per heavy atom. The molecule has 0 heterocycles. The van der Waals surface area contributed by atoms with Crippen LogP contribution in [0.25, 0.3) is 0 Å². The van der Waals surface area contributed by atoms with Gasteiger partial charge >= 0.3 is 0 Å². The van der Waals surface area contributed by atoms with Crippen LogP contribution in [0.5, 0.6) is 0 Å². The normalized spacial score (nSPS) is 15.6. The summed E-state index contributed by atoms with van der Waals surface area (Å²) >= 11 is 0. The molecular formula is C25H33N3O2. The summed E-state index contributed by atoms with van der Waals surface area (Å²) in [6.07, 6.45) is 4.31. The van der Waals surface area contributed by atoms with Crippen molar-refractivity contribution in [1.29, 1.82) is 0 Å². The quantitative estimate of drug-likeness (QED) is 0.658. The highest BCUT2D eigenvalue weighted by atomic mass is 16.2. The molecule has 2 aromatic carbocycles. The van der Waals surface area contributed by atoms with Gasteiger partial charge in [-0.25, -0.2) is 0 Å². The molecule has 160 valence electrons. The molecule has 0 spiro atoms. The van der Waals surface area contributed by atoms with Gasteiger partial charge in [0, 0.05) is 25.6 Å². The molecule has 1 aliphatic rings. The number of rotatable bonds is 10. The first-order chi connectivity index (χ1) is 14.6. The fraction of sp³-hybridized carbons (Fsp3) is 0.440. The zero-order valence-electron chi connectivity index (χ0n) is 17.9. The number of hydrogen-bond acceptors (Lipinski definition) is 3. The van der Waals surface area contributed by atoms with Crippen LogP contribution < -0.4 is 5.73 Å². The molecule has 30 heavy (non-hydrogen) atoms. The second kappa shape index (κ2) is 10.9. The van der Waals surface area contributed by atoms with Crippen molar-refractivity contribution in [3.63, 3.8) is 0 Å². The monoisotopic (exact) mass is 407 g/mol. The molecule has 0 saturated carbocycles. The van der Waals surface area contributed by atoms with Crippen LogP contribution in [-0.2, 0) is 29.0 Å². The van der Waals surface area contributed by atoms with E-state index in [0.29, 0.717) is 25.7 Å². The number of carbonyl (C=O) groups is 2. The second-order valence-electron chi connectivity index (χ2n) is 8.15. The van der Waals surface area contributed by atoms with E-state index >= 15 is 0 Å². The van der Waals surface area contributed by atoms with E-state index in [2.05, 4.69) is 36.1 Å². The van der Waals surface area contributed by atoms with Crippen LogP contribution in [0.15, 0.2) is 54.6 Å². The fourth-order valence-electron chi connectivity index (χ4n) is 4.28. The van der Waals surface area contributed by atoms with Gasteiger partial charge in [-0.1, -0.05) is 61.5 Å². The van der Waals surface area contributed by atoms with Gasteiger partial charge in [0.2, 0.25) is 11.8 Å². The van der Waals surface area contributed by atoms with Gasteiger partial charge in [0.1, 0.15) is 0 Å². The maximum absolute atomic E-state index is 13.3. The van der Waals surface area contributed by atoms with Crippen LogP contribution in [0, 0.1) is 0 Å². The molecule has 3 rings (SSSR count). The van der Waals surface area contributed by atoms with Crippen molar-refractivity contribution in [2.24, 2.45) is 5.73 Å². The highest BCUT2D eigenvalue weighted by Gasteiger charge is 2.27. The number of carbonyl (C=O) groups excluding carboxylic acids is 2. The predicted molar refractivity (Wildman–Crippen MR) is 120 cm³/mol. The predicted octanol–water partition coefficient (Wildman–Crippen LogP) is 3.16.